The van der Waals surface area contributed by atoms with Crippen molar-refractivity contribution in [2.24, 2.45) is 0 Å². The fourth-order valence-electron chi connectivity index (χ4n) is 1.53. The van der Waals surface area contributed by atoms with Crippen LogP contribution in [0.4, 0.5) is 0 Å². The molecule has 0 saturated carbocycles. The van der Waals surface area contributed by atoms with E-state index in [-0.39, 0.29) is 20.3 Å². The van der Waals surface area contributed by atoms with Crippen LogP contribution in [0.2, 0.25) is 5.02 Å². The molecule has 0 bridgehead atoms. The summed E-state index contributed by atoms with van der Waals surface area (Å²) in [7, 11) is 0. The van der Waals surface area contributed by atoms with E-state index in [4.69, 9.17) is 11.6 Å². The number of benzene rings is 1. The molecule has 6 heteroatoms. The van der Waals surface area contributed by atoms with Gasteiger partial charge in [0.25, 0.3) is 0 Å². The van der Waals surface area contributed by atoms with Gasteiger partial charge in [-0.2, -0.15) is 0 Å². The minimum atomic E-state index is -0.140. The van der Waals surface area contributed by atoms with Crippen LogP contribution in [0.3, 0.4) is 0 Å². The van der Waals surface area contributed by atoms with Gasteiger partial charge in [-0.3, -0.25) is 0 Å². The van der Waals surface area contributed by atoms with Crippen molar-refractivity contribution in [3.05, 3.63) is 52.0 Å². The zero-order valence-electron chi connectivity index (χ0n) is 8.50. The van der Waals surface area contributed by atoms with Crippen molar-refractivity contribution in [1.82, 2.24) is 13.5 Å². The van der Waals surface area contributed by atoms with Crippen molar-refractivity contribution in [2.75, 3.05) is 0 Å². The predicted molar refractivity (Wildman–Crippen MR) is 67.1 cm³/mol. The van der Waals surface area contributed by atoms with Crippen LogP contribution in [-0.4, -0.2) is 28.3 Å². The Hall–Kier alpha value is -1.42. The van der Waals surface area contributed by atoms with E-state index in [2.05, 4.69) is 9.97 Å². The van der Waals surface area contributed by atoms with E-state index in [1.165, 1.54) is 0 Å². The summed E-state index contributed by atoms with van der Waals surface area (Å²) < 4.78 is 2.58. The summed E-state index contributed by atoms with van der Waals surface area (Å²) >= 11 is 5.77. The van der Waals surface area contributed by atoms with Gasteiger partial charge >= 0.3 is 107 Å². The number of aromatic nitrogens is 3. The van der Waals surface area contributed by atoms with Gasteiger partial charge in [0.1, 0.15) is 0 Å². The van der Waals surface area contributed by atoms with E-state index in [9.17, 15) is 4.79 Å². The molecule has 2 aromatic heterocycles. The number of hydrogen-bond donors (Lipinski definition) is 0. The molecule has 1 aromatic carbocycles. The summed E-state index contributed by atoms with van der Waals surface area (Å²) in [4.78, 5) is 20.3. The number of fused-ring (bicyclic) bond motifs is 1. The molecule has 0 aliphatic carbocycles. The molecule has 0 amide bonds. The van der Waals surface area contributed by atoms with Crippen molar-refractivity contribution in [3.63, 3.8) is 0 Å². The normalized spacial score (nSPS) is 10.9. The van der Waals surface area contributed by atoms with Gasteiger partial charge in [0.15, 0.2) is 0 Å². The van der Waals surface area contributed by atoms with E-state index < -0.39 is 0 Å². The Morgan fingerprint density at radius 2 is 2.00 bits per heavy atom. The van der Waals surface area contributed by atoms with Crippen molar-refractivity contribution < 1.29 is 0 Å². The number of nitrogens with zero attached hydrogens (tertiary/aromatic N) is 3. The summed E-state index contributed by atoms with van der Waals surface area (Å²) in [6.07, 6.45) is 3.25. The first kappa shape index (κ1) is 10.7. The topological polar surface area (TPSA) is 47.8 Å². The summed E-state index contributed by atoms with van der Waals surface area (Å²) in [5.74, 6) is 0.449. The molecule has 0 N–H and O–H groups in total. The van der Waals surface area contributed by atoms with E-state index in [1.54, 1.807) is 34.2 Å². The summed E-state index contributed by atoms with van der Waals surface area (Å²) in [6, 6.07) is 7.03. The molecule has 0 saturated heterocycles. The van der Waals surface area contributed by atoms with Crippen LogP contribution < -0.4 is 5.56 Å². The Morgan fingerprint density at radius 3 is 2.76 bits per heavy atom. The van der Waals surface area contributed by atoms with Gasteiger partial charge in [-0.25, -0.2) is 0 Å². The van der Waals surface area contributed by atoms with Gasteiger partial charge in [-0.05, 0) is 0 Å². The third-order valence-electron chi connectivity index (χ3n) is 2.28. The number of halogens is 1. The third kappa shape index (κ3) is 1.82. The van der Waals surface area contributed by atoms with E-state index in [0.29, 0.717) is 16.4 Å². The van der Waals surface area contributed by atoms with Crippen LogP contribution in [0.5, 0.6) is 0 Å². The molecule has 0 unspecified atom stereocenters. The first-order valence-electron chi connectivity index (χ1n) is 4.85. The maximum atomic E-state index is 12.1. The molecule has 0 fully saturated rings. The van der Waals surface area contributed by atoms with Crippen LogP contribution in [-0.2, 0) is 0 Å². The van der Waals surface area contributed by atoms with Crippen molar-refractivity contribution in [3.8, 4) is 5.95 Å². The summed E-state index contributed by atoms with van der Waals surface area (Å²) in [5, 5.41) is 1.34. The fraction of sp³-hybridized carbons (Fsp3) is 0. The van der Waals surface area contributed by atoms with Gasteiger partial charge in [0, 0.05) is 0 Å². The van der Waals surface area contributed by atoms with Gasteiger partial charge < -0.3 is 0 Å². The van der Waals surface area contributed by atoms with Gasteiger partial charge in [-0.1, -0.05) is 0 Å². The average Bonchev–Trinajstić information content (AvgIpc) is 2.67. The summed E-state index contributed by atoms with van der Waals surface area (Å²) in [5.41, 5.74) is -0.0529. The summed E-state index contributed by atoms with van der Waals surface area (Å²) in [6.45, 7) is 0. The van der Waals surface area contributed by atoms with Crippen LogP contribution in [0.25, 0.3) is 15.6 Å². The second kappa shape index (κ2) is 4.11. The molecule has 3 aromatic rings. The first-order chi connectivity index (χ1) is 8.25. The molecule has 2 heterocycles. The molecule has 17 heavy (non-hydrogen) atoms. The quantitative estimate of drug-likeness (QED) is 0.640. The van der Waals surface area contributed by atoms with Gasteiger partial charge in [0.2, 0.25) is 0 Å². The SMILES string of the molecule is O=c1c2ccc(Cl)cc2[se]n1-c1ncccn1. The molecule has 0 aliphatic heterocycles. The Labute approximate surface area is 107 Å². The minimum absolute atomic E-state index is 0.0529. The molecule has 0 spiro atoms. The predicted octanol–water partition coefficient (Wildman–Crippen LogP) is 1.49. The average molecular weight is 311 g/mol. The zero-order valence-corrected chi connectivity index (χ0v) is 11.0. The fourth-order valence-corrected chi connectivity index (χ4v) is 3.92. The first-order valence-corrected chi connectivity index (χ1v) is 6.85. The Kier molecular flexibility index (Phi) is 2.59. The van der Waals surface area contributed by atoms with Crippen molar-refractivity contribution in [1.29, 1.82) is 0 Å². The maximum absolute atomic E-state index is 12.1. The molecule has 3 rings (SSSR count). The monoisotopic (exact) mass is 311 g/mol. The van der Waals surface area contributed by atoms with Gasteiger partial charge in [0.05, 0.1) is 0 Å². The number of hydrogen-bond acceptors (Lipinski definition) is 3. The molecule has 4 nitrogen and oxygen atoms in total. The van der Waals surface area contributed by atoms with Crippen molar-refractivity contribution in [2.45, 2.75) is 0 Å². The molecule has 0 radical (unpaired) electrons. The Morgan fingerprint density at radius 1 is 1.24 bits per heavy atom. The molecular weight excluding hydrogens is 305 g/mol. The van der Waals surface area contributed by atoms with E-state index in [0.717, 1.165) is 4.26 Å². The molecular formula is C11H6ClN3OSe. The second-order valence-electron chi connectivity index (χ2n) is 3.38. The van der Waals surface area contributed by atoms with Crippen molar-refractivity contribution >= 4 is 36.0 Å². The second-order valence-corrected chi connectivity index (χ2v) is 5.89. The van der Waals surface area contributed by atoms with E-state index in [1.807, 2.05) is 6.07 Å². The van der Waals surface area contributed by atoms with E-state index >= 15 is 0 Å². The molecule has 84 valence electrons. The van der Waals surface area contributed by atoms with Crippen LogP contribution in [0.15, 0.2) is 41.5 Å². The Bertz CT molecular complexity index is 735. The van der Waals surface area contributed by atoms with Crippen LogP contribution in [0.1, 0.15) is 0 Å². The standard InChI is InChI=1S/C11H6ClN3OSe/c12-7-2-3-8-9(6-7)17-15(10(8)16)11-13-4-1-5-14-11/h1-6H. The number of rotatable bonds is 1. The molecule has 0 aliphatic rings. The zero-order chi connectivity index (χ0) is 11.8. The van der Waals surface area contributed by atoms with Gasteiger partial charge in [-0.15, -0.1) is 0 Å². The molecule has 0 atom stereocenters. The third-order valence-corrected chi connectivity index (χ3v) is 4.71. The van der Waals surface area contributed by atoms with Crippen LogP contribution >= 0.6 is 11.6 Å². The van der Waals surface area contributed by atoms with Crippen LogP contribution in [0, 0.1) is 0 Å². The Balaban J connectivity index is 2.32.